The first kappa shape index (κ1) is 18.5. The number of nitrogens with one attached hydrogen (secondary N) is 1. The molecule has 0 spiro atoms. The second kappa shape index (κ2) is 8.41. The Labute approximate surface area is 162 Å². The standard InChI is InChI=1S/C19H27BN6O/c1-24-6-8-26(9-7-24)19-22-17-3-2-15(20)14-16(17)18(23-19)21-4-5-25-10-12-27-13-11-25/h2-3,14H,4-13H2,1H3,(H,21,22,23). The molecule has 2 aromatic rings. The Bertz CT molecular complexity index is 774. The molecule has 27 heavy (non-hydrogen) atoms. The van der Waals surface area contributed by atoms with Crippen LogP contribution in [0.4, 0.5) is 11.8 Å². The van der Waals surface area contributed by atoms with Gasteiger partial charge >= 0.3 is 0 Å². The maximum Gasteiger partial charge on any atom is 0.227 e. The molecule has 8 heteroatoms. The lowest BCUT2D eigenvalue weighted by Gasteiger charge is -2.32. The number of rotatable bonds is 5. The van der Waals surface area contributed by atoms with Gasteiger partial charge in [-0.1, -0.05) is 17.6 Å². The van der Waals surface area contributed by atoms with Crippen LogP contribution in [0.25, 0.3) is 10.9 Å². The highest BCUT2D eigenvalue weighted by Gasteiger charge is 2.18. The van der Waals surface area contributed by atoms with E-state index < -0.39 is 0 Å². The first-order valence-corrected chi connectivity index (χ1v) is 9.74. The minimum atomic E-state index is 0.731. The molecule has 2 fully saturated rings. The summed E-state index contributed by atoms with van der Waals surface area (Å²) in [7, 11) is 8.17. The molecule has 1 aromatic heterocycles. The SMILES string of the molecule is [B]c1ccc2nc(N3CCN(C)CC3)nc(NCCN3CCOCC3)c2c1. The summed E-state index contributed by atoms with van der Waals surface area (Å²) >= 11 is 0. The van der Waals surface area contributed by atoms with Crippen LogP contribution in [0.3, 0.4) is 0 Å². The predicted molar refractivity (Wildman–Crippen MR) is 110 cm³/mol. The van der Waals surface area contributed by atoms with Crippen molar-refractivity contribution in [1.29, 1.82) is 0 Å². The second-order valence-electron chi connectivity index (χ2n) is 7.32. The first-order chi connectivity index (χ1) is 13.2. The number of likely N-dealkylation sites (N-methyl/N-ethyl adjacent to an activating group) is 1. The van der Waals surface area contributed by atoms with E-state index >= 15 is 0 Å². The van der Waals surface area contributed by atoms with Gasteiger partial charge in [0.25, 0.3) is 0 Å². The fraction of sp³-hybridized carbons (Fsp3) is 0.579. The maximum absolute atomic E-state index is 6.01. The summed E-state index contributed by atoms with van der Waals surface area (Å²) in [6, 6.07) is 5.85. The number of nitrogens with zero attached hydrogens (tertiary/aromatic N) is 5. The summed E-state index contributed by atoms with van der Waals surface area (Å²) in [6.07, 6.45) is 0. The van der Waals surface area contributed by atoms with Gasteiger partial charge in [0.05, 0.1) is 18.7 Å². The summed E-state index contributed by atoms with van der Waals surface area (Å²) in [6.45, 7) is 9.39. The molecule has 0 atom stereocenters. The minimum Gasteiger partial charge on any atom is -0.379 e. The highest BCUT2D eigenvalue weighted by atomic mass is 16.5. The Hall–Kier alpha value is -1.90. The van der Waals surface area contributed by atoms with E-state index in [-0.39, 0.29) is 0 Å². The molecular formula is C19H27BN6O. The summed E-state index contributed by atoms with van der Waals surface area (Å²) in [4.78, 5) is 16.7. The van der Waals surface area contributed by atoms with Crippen molar-refractivity contribution in [2.75, 3.05) is 82.8 Å². The monoisotopic (exact) mass is 366 g/mol. The van der Waals surface area contributed by atoms with Crippen LogP contribution in [-0.2, 0) is 4.74 Å². The minimum absolute atomic E-state index is 0.731. The van der Waals surface area contributed by atoms with Crippen LogP contribution in [0, 0.1) is 0 Å². The van der Waals surface area contributed by atoms with Crippen molar-refractivity contribution in [3.05, 3.63) is 18.2 Å². The van der Waals surface area contributed by atoms with Gasteiger partial charge in [0.1, 0.15) is 13.7 Å². The number of hydrogen-bond acceptors (Lipinski definition) is 7. The lowest BCUT2D eigenvalue weighted by atomic mass is 9.95. The topological polar surface area (TPSA) is 56.8 Å². The van der Waals surface area contributed by atoms with Crippen LogP contribution in [-0.4, -0.2) is 100 Å². The Morgan fingerprint density at radius 1 is 1.07 bits per heavy atom. The van der Waals surface area contributed by atoms with E-state index in [2.05, 4.69) is 27.1 Å². The molecule has 4 rings (SSSR count). The first-order valence-electron chi connectivity index (χ1n) is 9.74. The molecule has 7 nitrogen and oxygen atoms in total. The zero-order valence-corrected chi connectivity index (χ0v) is 16.0. The number of fused-ring (bicyclic) bond motifs is 1. The predicted octanol–water partition coefficient (Wildman–Crippen LogP) is -0.0805. The van der Waals surface area contributed by atoms with Crippen LogP contribution in [0.5, 0.6) is 0 Å². The molecule has 2 aliphatic rings. The van der Waals surface area contributed by atoms with Crippen LogP contribution in [0.1, 0.15) is 0 Å². The highest BCUT2D eigenvalue weighted by Crippen LogP contribution is 2.23. The normalized spacial score (nSPS) is 19.5. The zero-order chi connectivity index (χ0) is 18.6. The number of morpholine rings is 1. The molecule has 2 aliphatic heterocycles. The summed E-state index contributed by atoms with van der Waals surface area (Å²) < 4.78 is 5.42. The smallest absolute Gasteiger partial charge is 0.227 e. The van der Waals surface area contributed by atoms with Crippen molar-refractivity contribution in [1.82, 2.24) is 19.8 Å². The fourth-order valence-electron chi connectivity index (χ4n) is 3.57. The fourth-order valence-corrected chi connectivity index (χ4v) is 3.57. The summed E-state index contributed by atoms with van der Waals surface area (Å²) in [5.74, 6) is 1.67. The average Bonchev–Trinajstić information content (AvgIpc) is 2.69. The molecular weight excluding hydrogens is 339 g/mol. The lowest BCUT2D eigenvalue weighted by molar-refractivity contribution is 0.0398. The van der Waals surface area contributed by atoms with Gasteiger partial charge in [0.2, 0.25) is 5.95 Å². The van der Waals surface area contributed by atoms with Crippen molar-refractivity contribution in [3.8, 4) is 0 Å². The molecule has 1 aromatic carbocycles. The number of benzene rings is 1. The Morgan fingerprint density at radius 3 is 2.63 bits per heavy atom. The molecule has 3 heterocycles. The van der Waals surface area contributed by atoms with Crippen LogP contribution in [0.2, 0.25) is 0 Å². The van der Waals surface area contributed by atoms with E-state index in [0.29, 0.717) is 0 Å². The van der Waals surface area contributed by atoms with E-state index in [0.717, 1.165) is 93.7 Å². The number of aromatic nitrogens is 2. The summed E-state index contributed by atoms with van der Waals surface area (Å²) in [5, 5.41) is 4.51. The van der Waals surface area contributed by atoms with Gasteiger partial charge in [-0.25, -0.2) is 4.98 Å². The van der Waals surface area contributed by atoms with Crippen LogP contribution in [0.15, 0.2) is 18.2 Å². The molecule has 2 radical (unpaired) electrons. The van der Waals surface area contributed by atoms with Gasteiger partial charge in [-0.15, -0.1) is 0 Å². The molecule has 0 aliphatic carbocycles. The molecule has 0 amide bonds. The molecule has 2 saturated heterocycles. The number of ether oxygens (including phenoxy) is 1. The second-order valence-corrected chi connectivity index (χ2v) is 7.32. The van der Waals surface area contributed by atoms with E-state index in [4.69, 9.17) is 22.6 Å². The maximum atomic E-state index is 6.01. The van der Waals surface area contributed by atoms with Crippen molar-refractivity contribution in [3.63, 3.8) is 0 Å². The van der Waals surface area contributed by atoms with Gasteiger partial charge in [0.15, 0.2) is 0 Å². The van der Waals surface area contributed by atoms with Crippen molar-refractivity contribution in [2.24, 2.45) is 0 Å². The third-order valence-corrected chi connectivity index (χ3v) is 5.32. The zero-order valence-electron chi connectivity index (χ0n) is 16.0. The van der Waals surface area contributed by atoms with Gasteiger partial charge in [-0.3, -0.25) is 4.90 Å². The van der Waals surface area contributed by atoms with Crippen LogP contribution >= 0.6 is 0 Å². The van der Waals surface area contributed by atoms with Gasteiger partial charge in [-0.05, 0) is 13.1 Å². The third kappa shape index (κ3) is 4.51. The quantitative estimate of drug-likeness (QED) is 0.743. The molecule has 1 N–H and O–H groups in total. The van der Waals surface area contributed by atoms with Crippen molar-refractivity contribution in [2.45, 2.75) is 0 Å². The highest BCUT2D eigenvalue weighted by molar-refractivity contribution is 6.33. The van der Waals surface area contributed by atoms with Gasteiger partial charge in [-0.2, -0.15) is 4.98 Å². The third-order valence-electron chi connectivity index (χ3n) is 5.32. The summed E-state index contributed by atoms with van der Waals surface area (Å²) in [5.41, 5.74) is 1.66. The molecule has 142 valence electrons. The van der Waals surface area contributed by atoms with Gasteiger partial charge < -0.3 is 19.9 Å². The number of hydrogen-bond donors (Lipinski definition) is 1. The Kier molecular flexibility index (Phi) is 5.76. The lowest BCUT2D eigenvalue weighted by Crippen LogP contribution is -2.45. The number of piperazine rings is 1. The Balaban J connectivity index is 1.53. The molecule has 0 saturated carbocycles. The molecule has 0 bridgehead atoms. The Morgan fingerprint density at radius 2 is 1.85 bits per heavy atom. The van der Waals surface area contributed by atoms with E-state index in [1.54, 1.807) is 0 Å². The van der Waals surface area contributed by atoms with Crippen LogP contribution < -0.4 is 15.7 Å². The van der Waals surface area contributed by atoms with E-state index in [1.165, 1.54) is 0 Å². The largest absolute Gasteiger partial charge is 0.379 e. The van der Waals surface area contributed by atoms with Crippen molar-refractivity contribution < 1.29 is 4.74 Å². The molecule has 0 unspecified atom stereocenters. The van der Waals surface area contributed by atoms with Gasteiger partial charge in [0, 0.05) is 57.7 Å². The number of anilines is 2. The average molecular weight is 366 g/mol. The van der Waals surface area contributed by atoms with E-state index in [9.17, 15) is 0 Å². The van der Waals surface area contributed by atoms with Crippen molar-refractivity contribution >= 4 is 36.0 Å². The van der Waals surface area contributed by atoms with E-state index in [1.807, 2.05) is 18.2 Å².